The fraction of sp³-hybridized carbons (Fsp3) is 0.462. The summed E-state index contributed by atoms with van der Waals surface area (Å²) in [4.78, 5) is 11.5. The van der Waals surface area contributed by atoms with Crippen molar-refractivity contribution in [1.82, 2.24) is 5.32 Å². The Kier molecular flexibility index (Phi) is 5.97. The molecular formula is C13H20N2O4S. The molecule has 0 fully saturated rings. The molecule has 20 heavy (non-hydrogen) atoms. The summed E-state index contributed by atoms with van der Waals surface area (Å²) in [6.07, 6.45) is 1.93. The van der Waals surface area contributed by atoms with Crippen molar-refractivity contribution in [3.8, 4) is 5.75 Å². The number of aryl methyl sites for hydroxylation is 1. The fourth-order valence-corrected chi connectivity index (χ4v) is 2.40. The van der Waals surface area contributed by atoms with Crippen LogP contribution < -0.4 is 15.2 Å². The Balaban J connectivity index is 2.58. The number of carbonyl (C=O) groups is 1. The molecule has 0 heterocycles. The number of rotatable bonds is 7. The van der Waals surface area contributed by atoms with Crippen molar-refractivity contribution < 1.29 is 17.9 Å². The molecule has 1 aromatic carbocycles. The van der Waals surface area contributed by atoms with Crippen LogP contribution in [0.2, 0.25) is 0 Å². The number of amides is 1. The molecule has 1 aromatic rings. The van der Waals surface area contributed by atoms with E-state index >= 15 is 0 Å². The molecule has 1 amide bonds. The average Bonchev–Trinajstić information content (AvgIpc) is 2.35. The first-order chi connectivity index (χ1) is 9.34. The fourth-order valence-electron chi connectivity index (χ4n) is 1.64. The molecule has 112 valence electrons. The number of carbonyl (C=O) groups excluding carboxylic acids is 1. The molecule has 1 rings (SSSR count). The lowest BCUT2D eigenvalue weighted by Gasteiger charge is -2.09. The van der Waals surface area contributed by atoms with E-state index in [1.54, 1.807) is 13.0 Å². The molecule has 6 nitrogen and oxygen atoms in total. The van der Waals surface area contributed by atoms with Crippen molar-refractivity contribution >= 4 is 15.9 Å². The third-order valence-corrected chi connectivity index (χ3v) is 3.75. The van der Waals surface area contributed by atoms with Crippen molar-refractivity contribution in [2.75, 3.05) is 13.2 Å². The quantitative estimate of drug-likeness (QED) is 0.732. The Morgan fingerprint density at radius 2 is 2.10 bits per heavy atom. The zero-order chi connectivity index (χ0) is 15.2. The molecule has 0 aromatic heterocycles. The molecule has 0 spiro atoms. The highest BCUT2D eigenvalue weighted by atomic mass is 32.2. The number of unbranched alkanes of at least 4 members (excludes halogenated alkanes) is 1. The highest BCUT2D eigenvalue weighted by Gasteiger charge is 2.12. The van der Waals surface area contributed by atoms with Crippen LogP contribution in [0.25, 0.3) is 0 Å². The number of nitrogens with two attached hydrogens (primary N) is 1. The van der Waals surface area contributed by atoms with Crippen LogP contribution in [0.3, 0.4) is 0 Å². The van der Waals surface area contributed by atoms with Gasteiger partial charge in [-0.05, 0) is 37.1 Å². The van der Waals surface area contributed by atoms with Gasteiger partial charge < -0.3 is 10.1 Å². The first-order valence-electron chi connectivity index (χ1n) is 6.37. The molecule has 0 unspecified atom stereocenters. The molecule has 0 radical (unpaired) electrons. The second-order valence-corrected chi connectivity index (χ2v) is 5.99. The van der Waals surface area contributed by atoms with Gasteiger partial charge in [0.15, 0.2) is 6.61 Å². The normalized spacial score (nSPS) is 11.2. The number of hydrogen-bond donors (Lipinski definition) is 2. The summed E-state index contributed by atoms with van der Waals surface area (Å²) >= 11 is 0. The Morgan fingerprint density at radius 3 is 2.65 bits per heavy atom. The SMILES string of the molecule is CCCCNC(=O)COc1ccc(S(N)(=O)=O)c(C)c1. The minimum absolute atomic E-state index is 0.0530. The molecule has 7 heteroatoms. The zero-order valence-electron chi connectivity index (χ0n) is 11.7. The largest absolute Gasteiger partial charge is 0.484 e. The lowest BCUT2D eigenvalue weighted by molar-refractivity contribution is -0.123. The molecule has 0 aliphatic carbocycles. The van der Waals surface area contributed by atoms with Crippen molar-refractivity contribution in [3.63, 3.8) is 0 Å². The van der Waals surface area contributed by atoms with E-state index in [1.165, 1.54) is 12.1 Å². The predicted molar refractivity (Wildman–Crippen MR) is 76.0 cm³/mol. The molecule has 0 bridgehead atoms. The molecule has 0 saturated heterocycles. The number of nitrogens with one attached hydrogen (secondary N) is 1. The standard InChI is InChI=1S/C13H20N2O4S/c1-3-4-7-15-13(16)9-19-11-5-6-12(10(2)8-11)20(14,17)18/h5-6,8H,3-4,7,9H2,1-2H3,(H,15,16)(H2,14,17,18). The second-order valence-electron chi connectivity index (χ2n) is 4.46. The molecule has 3 N–H and O–H groups in total. The maximum Gasteiger partial charge on any atom is 0.257 e. The monoisotopic (exact) mass is 300 g/mol. The maximum absolute atomic E-state index is 11.5. The van der Waals surface area contributed by atoms with Crippen molar-refractivity contribution in [1.29, 1.82) is 0 Å². The number of benzene rings is 1. The van der Waals surface area contributed by atoms with Gasteiger partial charge in [0.1, 0.15) is 5.75 Å². The maximum atomic E-state index is 11.5. The number of primary sulfonamides is 1. The summed E-state index contributed by atoms with van der Waals surface area (Å²) in [5.41, 5.74) is 0.483. The third-order valence-electron chi connectivity index (χ3n) is 2.68. The Hall–Kier alpha value is -1.60. The predicted octanol–water partition coefficient (Wildman–Crippen LogP) is 0.938. The van der Waals surface area contributed by atoms with Crippen LogP contribution in [0.1, 0.15) is 25.3 Å². The third kappa shape index (κ3) is 5.18. The molecule has 0 aliphatic rings. The highest BCUT2D eigenvalue weighted by molar-refractivity contribution is 7.89. The molecule has 0 aliphatic heterocycles. The van der Waals surface area contributed by atoms with E-state index in [0.717, 1.165) is 12.8 Å². The molecular weight excluding hydrogens is 280 g/mol. The molecule has 0 atom stereocenters. The lowest BCUT2D eigenvalue weighted by Crippen LogP contribution is -2.29. The van der Waals surface area contributed by atoms with E-state index in [2.05, 4.69) is 5.32 Å². The van der Waals surface area contributed by atoms with Crippen molar-refractivity contribution in [3.05, 3.63) is 23.8 Å². The Labute approximate surface area is 119 Å². The van der Waals surface area contributed by atoms with E-state index in [1.807, 2.05) is 6.92 Å². The zero-order valence-corrected chi connectivity index (χ0v) is 12.5. The van der Waals surface area contributed by atoms with Gasteiger partial charge in [-0.1, -0.05) is 13.3 Å². The van der Waals surface area contributed by atoms with Crippen molar-refractivity contribution in [2.45, 2.75) is 31.6 Å². The number of sulfonamides is 1. The van der Waals surface area contributed by atoms with Gasteiger partial charge in [-0.15, -0.1) is 0 Å². The topological polar surface area (TPSA) is 98.5 Å². The minimum atomic E-state index is -3.73. The van der Waals surface area contributed by atoms with Gasteiger partial charge in [0.05, 0.1) is 4.90 Å². The van der Waals surface area contributed by atoms with Gasteiger partial charge in [0.25, 0.3) is 5.91 Å². The summed E-state index contributed by atoms with van der Waals surface area (Å²) in [5.74, 6) is 0.229. The summed E-state index contributed by atoms with van der Waals surface area (Å²) in [7, 11) is -3.73. The summed E-state index contributed by atoms with van der Waals surface area (Å²) in [6.45, 7) is 4.19. The van der Waals surface area contributed by atoms with Gasteiger partial charge in [-0.25, -0.2) is 13.6 Å². The number of hydrogen-bond acceptors (Lipinski definition) is 4. The molecule has 0 saturated carbocycles. The van der Waals surface area contributed by atoms with Gasteiger partial charge in [-0.2, -0.15) is 0 Å². The van der Waals surface area contributed by atoms with E-state index in [9.17, 15) is 13.2 Å². The lowest BCUT2D eigenvalue weighted by atomic mass is 10.2. The highest BCUT2D eigenvalue weighted by Crippen LogP contribution is 2.20. The van der Waals surface area contributed by atoms with Crippen LogP contribution in [0.15, 0.2) is 23.1 Å². The van der Waals surface area contributed by atoms with E-state index in [0.29, 0.717) is 17.9 Å². The Bertz CT molecular complexity index is 570. The van der Waals surface area contributed by atoms with Crippen LogP contribution >= 0.6 is 0 Å². The van der Waals surface area contributed by atoms with Crippen molar-refractivity contribution in [2.24, 2.45) is 5.14 Å². The van der Waals surface area contributed by atoms with Crippen LogP contribution in [0, 0.1) is 6.92 Å². The number of ether oxygens (including phenoxy) is 1. The Morgan fingerprint density at radius 1 is 1.40 bits per heavy atom. The van der Waals surface area contributed by atoms with Crippen LogP contribution in [0.5, 0.6) is 5.75 Å². The van der Waals surface area contributed by atoms with Gasteiger partial charge in [0.2, 0.25) is 10.0 Å². The van der Waals surface area contributed by atoms with E-state index in [4.69, 9.17) is 9.88 Å². The van der Waals surface area contributed by atoms with Crippen LogP contribution in [0.4, 0.5) is 0 Å². The van der Waals surface area contributed by atoms with Gasteiger partial charge in [-0.3, -0.25) is 4.79 Å². The average molecular weight is 300 g/mol. The minimum Gasteiger partial charge on any atom is -0.484 e. The van der Waals surface area contributed by atoms with Crippen LogP contribution in [-0.2, 0) is 14.8 Å². The smallest absolute Gasteiger partial charge is 0.257 e. The van der Waals surface area contributed by atoms with E-state index < -0.39 is 10.0 Å². The summed E-state index contributed by atoms with van der Waals surface area (Å²) in [5, 5.41) is 7.79. The first kappa shape index (κ1) is 16.5. The first-order valence-corrected chi connectivity index (χ1v) is 7.92. The second kappa shape index (κ2) is 7.25. The summed E-state index contributed by atoms with van der Waals surface area (Å²) in [6, 6.07) is 4.39. The van der Waals surface area contributed by atoms with Gasteiger partial charge >= 0.3 is 0 Å². The summed E-state index contributed by atoms with van der Waals surface area (Å²) < 4.78 is 27.8. The van der Waals surface area contributed by atoms with E-state index in [-0.39, 0.29) is 17.4 Å². The van der Waals surface area contributed by atoms with Gasteiger partial charge in [0, 0.05) is 6.54 Å². The van der Waals surface area contributed by atoms with Crippen LogP contribution in [-0.4, -0.2) is 27.5 Å².